The van der Waals surface area contributed by atoms with Crippen molar-refractivity contribution in [3.63, 3.8) is 0 Å². The van der Waals surface area contributed by atoms with E-state index >= 15 is 0 Å². The Balaban J connectivity index is 1.53. The Morgan fingerprint density at radius 2 is 1.88 bits per heavy atom. The molecule has 2 aromatic carbocycles. The van der Waals surface area contributed by atoms with Gasteiger partial charge in [-0.15, -0.1) is 0 Å². The lowest BCUT2D eigenvalue weighted by Gasteiger charge is -2.11. The van der Waals surface area contributed by atoms with Gasteiger partial charge in [-0.1, -0.05) is 30.3 Å². The van der Waals surface area contributed by atoms with Gasteiger partial charge in [0.1, 0.15) is 12.2 Å². The lowest BCUT2D eigenvalue weighted by atomic mass is 10.1. The van der Waals surface area contributed by atoms with Gasteiger partial charge in [-0.25, -0.2) is 0 Å². The molecule has 0 atom stereocenters. The lowest BCUT2D eigenvalue weighted by Crippen LogP contribution is -2.19. The van der Waals surface area contributed by atoms with Crippen LogP contribution in [0.25, 0.3) is 23.0 Å². The molecular formula is C24H24N4O4. The molecule has 0 saturated heterocycles. The van der Waals surface area contributed by atoms with Crippen molar-refractivity contribution in [2.45, 2.75) is 19.9 Å². The number of para-hydroxylation sites is 1. The Morgan fingerprint density at radius 1 is 1.06 bits per heavy atom. The molecule has 0 aliphatic heterocycles. The van der Waals surface area contributed by atoms with Crippen molar-refractivity contribution in [3.8, 4) is 34.5 Å². The van der Waals surface area contributed by atoms with Crippen LogP contribution in [0.3, 0.4) is 0 Å². The Hall–Kier alpha value is -4.07. The maximum atomic E-state index is 12.7. The number of aryl methyl sites for hydroxylation is 1. The number of nitrogens with one attached hydrogen (secondary N) is 1. The summed E-state index contributed by atoms with van der Waals surface area (Å²) in [6.07, 6.45) is 2.65. The highest BCUT2D eigenvalue weighted by atomic mass is 16.5. The largest absolute Gasteiger partial charge is 0.493 e. The summed E-state index contributed by atoms with van der Waals surface area (Å²) in [5.74, 6) is 1.79. The zero-order valence-electron chi connectivity index (χ0n) is 18.2. The molecule has 0 saturated carbocycles. The number of nitrogens with zero attached hydrogens (tertiary/aromatic N) is 3. The van der Waals surface area contributed by atoms with E-state index in [4.69, 9.17) is 14.0 Å². The zero-order valence-corrected chi connectivity index (χ0v) is 18.2. The quantitative estimate of drug-likeness (QED) is 0.443. The van der Waals surface area contributed by atoms with E-state index in [0.29, 0.717) is 28.9 Å². The molecule has 0 bridgehead atoms. The molecule has 164 valence electrons. The fourth-order valence-corrected chi connectivity index (χ4v) is 3.46. The van der Waals surface area contributed by atoms with Crippen LogP contribution in [0.4, 0.5) is 5.69 Å². The van der Waals surface area contributed by atoms with Crippen LogP contribution >= 0.6 is 0 Å². The first-order chi connectivity index (χ1) is 15.6. The van der Waals surface area contributed by atoms with Crippen LogP contribution in [0, 0.1) is 0 Å². The van der Waals surface area contributed by atoms with Crippen molar-refractivity contribution in [3.05, 3.63) is 66.4 Å². The molecule has 0 fully saturated rings. The van der Waals surface area contributed by atoms with Crippen LogP contribution in [-0.4, -0.2) is 34.8 Å². The van der Waals surface area contributed by atoms with Crippen LogP contribution < -0.4 is 14.8 Å². The summed E-state index contributed by atoms with van der Waals surface area (Å²) >= 11 is 0. The first-order valence-electron chi connectivity index (χ1n) is 10.2. The number of methoxy groups -OCH3 is 2. The highest BCUT2D eigenvalue weighted by molar-refractivity contribution is 5.91. The van der Waals surface area contributed by atoms with E-state index in [-0.39, 0.29) is 12.5 Å². The van der Waals surface area contributed by atoms with Crippen LogP contribution in [0.15, 0.2) is 65.3 Å². The number of hydrogen-bond acceptors (Lipinski definition) is 6. The second-order valence-corrected chi connectivity index (χ2v) is 7.07. The van der Waals surface area contributed by atoms with Gasteiger partial charge in [0, 0.05) is 17.4 Å². The maximum Gasteiger partial charge on any atom is 0.274 e. The number of hydrogen-bond donors (Lipinski definition) is 1. The number of aromatic nitrogens is 3. The van der Waals surface area contributed by atoms with Crippen molar-refractivity contribution in [1.29, 1.82) is 0 Å². The lowest BCUT2D eigenvalue weighted by molar-refractivity contribution is -0.116. The van der Waals surface area contributed by atoms with E-state index < -0.39 is 0 Å². The molecule has 0 aliphatic carbocycles. The van der Waals surface area contributed by atoms with Crippen LogP contribution in [0.5, 0.6) is 11.5 Å². The highest BCUT2D eigenvalue weighted by Crippen LogP contribution is 2.32. The van der Waals surface area contributed by atoms with Crippen molar-refractivity contribution >= 4 is 11.6 Å². The summed E-state index contributed by atoms with van der Waals surface area (Å²) in [6, 6.07) is 16.8. The van der Waals surface area contributed by atoms with E-state index in [1.165, 1.54) is 0 Å². The minimum absolute atomic E-state index is 0.119. The Kier molecular flexibility index (Phi) is 6.21. The van der Waals surface area contributed by atoms with E-state index in [1.807, 2.05) is 42.5 Å². The average Bonchev–Trinajstić information content (AvgIpc) is 3.48. The topological polar surface area (TPSA) is 91.4 Å². The Labute approximate surface area is 185 Å². The van der Waals surface area contributed by atoms with Gasteiger partial charge in [0.2, 0.25) is 11.7 Å². The Morgan fingerprint density at radius 3 is 2.66 bits per heavy atom. The molecule has 1 amide bonds. The summed E-state index contributed by atoms with van der Waals surface area (Å²) in [6.45, 7) is 2.18. The van der Waals surface area contributed by atoms with Crippen LogP contribution in [0.2, 0.25) is 0 Å². The summed E-state index contributed by atoms with van der Waals surface area (Å²) < 4.78 is 17.9. The van der Waals surface area contributed by atoms with Gasteiger partial charge in [0.05, 0.1) is 14.2 Å². The highest BCUT2D eigenvalue weighted by Gasteiger charge is 2.17. The number of anilines is 1. The number of amides is 1. The summed E-state index contributed by atoms with van der Waals surface area (Å²) in [4.78, 5) is 17.2. The number of carbonyl (C=O) groups is 1. The monoisotopic (exact) mass is 432 g/mol. The first-order valence-corrected chi connectivity index (χ1v) is 10.2. The van der Waals surface area contributed by atoms with Gasteiger partial charge in [-0.2, -0.15) is 4.98 Å². The Bertz CT molecular complexity index is 1230. The van der Waals surface area contributed by atoms with Crippen molar-refractivity contribution in [2.24, 2.45) is 0 Å². The number of rotatable bonds is 8. The first kappa shape index (κ1) is 21.2. The molecule has 0 radical (unpaired) electrons. The second kappa shape index (κ2) is 9.38. The predicted molar refractivity (Wildman–Crippen MR) is 121 cm³/mol. The van der Waals surface area contributed by atoms with Gasteiger partial charge in [0.15, 0.2) is 11.5 Å². The van der Waals surface area contributed by atoms with Crippen molar-refractivity contribution in [2.75, 3.05) is 19.5 Å². The van der Waals surface area contributed by atoms with Crippen molar-refractivity contribution in [1.82, 2.24) is 14.7 Å². The molecule has 0 aliphatic rings. The maximum absolute atomic E-state index is 12.7. The SMILES string of the molecule is CCc1ccccc1NC(=O)Cn1cccc1-c1nc(-c2ccc(OC)c(OC)c2)no1. The molecule has 4 rings (SSSR count). The minimum atomic E-state index is -0.136. The van der Waals surface area contributed by atoms with Crippen molar-refractivity contribution < 1.29 is 18.8 Å². The van der Waals surface area contributed by atoms with E-state index in [9.17, 15) is 4.79 Å². The third-order valence-corrected chi connectivity index (χ3v) is 5.10. The van der Waals surface area contributed by atoms with Crippen LogP contribution in [-0.2, 0) is 17.8 Å². The third-order valence-electron chi connectivity index (χ3n) is 5.10. The molecule has 2 heterocycles. The molecule has 0 unspecified atom stereocenters. The molecule has 8 heteroatoms. The standard InChI is InChI=1S/C24H24N4O4/c1-4-16-8-5-6-9-18(16)25-22(29)15-28-13-7-10-19(28)24-26-23(27-32-24)17-11-12-20(30-2)21(14-17)31-3/h5-14H,4,15H2,1-3H3,(H,25,29). The van der Waals surface area contributed by atoms with E-state index in [0.717, 1.165) is 23.2 Å². The number of carbonyl (C=O) groups excluding carboxylic acids is 1. The van der Waals surface area contributed by atoms with Gasteiger partial charge >= 0.3 is 0 Å². The summed E-state index contributed by atoms with van der Waals surface area (Å²) in [5.41, 5.74) is 3.29. The fourth-order valence-electron chi connectivity index (χ4n) is 3.46. The van der Waals surface area contributed by atoms with Gasteiger partial charge in [-0.05, 0) is 48.4 Å². The smallest absolute Gasteiger partial charge is 0.274 e. The summed E-state index contributed by atoms with van der Waals surface area (Å²) in [7, 11) is 3.15. The molecular weight excluding hydrogens is 408 g/mol. The third kappa shape index (κ3) is 4.34. The van der Waals surface area contributed by atoms with Gasteiger partial charge in [0.25, 0.3) is 5.89 Å². The van der Waals surface area contributed by atoms with Gasteiger partial charge < -0.3 is 23.9 Å². The minimum Gasteiger partial charge on any atom is -0.493 e. The zero-order chi connectivity index (χ0) is 22.5. The van der Waals surface area contributed by atoms with E-state index in [2.05, 4.69) is 22.4 Å². The molecule has 8 nitrogen and oxygen atoms in total. The molecule has 4 aromatic rings. The number of ether oxygens (including phenoxy) is 2. The van der Waals surface area contributed by atoms with Crippen LogP contribution in [0.1, 0.15) is 12.5 Å². The predicted octanol–water partition coefficient (Wildman–Crippen LogP) is 4.42. The molecule has 2 aromatic heterocycles. The molecule has 32 heavy (non-hydrogen) atoms. The molecule has 0 spiro atoms. The number of benzene rings is 2. The van der Waals surface area contributed by atoms with E-state index in [1.54, 1.807) is 37.1 Å². The summed E-state index contributed by atoms with van der Waals surface area (Å²) in [5, 5.41) is 7.07. The fraction of sp³-hybridized carbons (Fsp3) is 0.208. The normalized spacial score (nSPS) is 10.7. The van der Waals surface area contributed by atoms with Gasteiger partial charge in [-0.3, -0.25) is 4.79 Å². The molecule has 1 N–H and O–H groups in total. The second-order valence-electron chi connectivity index (χ2n) is 7.07. The average molecular weight is 432 g/mol.